The molecule has 2 aliphatic rings. The van der Waals surface area contributed by atoms with E-state index in [1.54, 1.807) is 24.8 Å². The van der Waals surface area contributed by atoms with Crippen LogP contribution in [0.25, 0.3) is 0 Å². The van der Waals surface area contributed by atoms with Crippen molar-refractivity contribution in [3.63, 3.8) is 0 Å². The van der Waals surface area contributed by atoms with Gasteiger partial charge >= 0.3 is 0 Å². The summed E-state index contributed by atoms with van der Waals surface area (Å²) in [5.41, 5.74) is 3.14. The molecule has 0 radical (unpaired) electrons. The normalized spacial score (nSPS) is 30.1. The van der Waals surface area contributed by atoms with Gasteiger partial charge in [0.05, 0.1) is 0 Å². The molecule has 0 amide bonds. The lowest BCUT2D eigenvalue weighted by Crippen LogP contribution is -2.27. The number of rotatable bonds is 8. The van der Waals surface area contributed by atoms with Gasteiger partial charge in [-0.1, -0.05) is 57.4 Å². The summed E-state index contributed by atoms with van der Waals surface area (Å²) >= 11 is 0. The monoisotopic (exact) mass is 326 g/mol. The van der Waals surface area contributed by atoms with Gasteiger partial charge in [-0.25, -0.2) is 0 Å². The Bertz CT molecular complexity index is 457. The highest BCUT2D eigenvalue weighted by Crippen LogP contribution is 2.45. The Morgan fingerprint density at radius 1 is 0.792 bits per heavy atom. The van der Waals surface area contributed by atoms with Crippen LogP contribution in [0, 0.1) is 17.8 Å². The fourth-order valence-electron chi connectivity index (χ4n) is 5.25. The lowest BCUT2D eigenvalue weighted by Gasteiger charge is -2.39. The number of hydrogen-bond acceptors (Lipinski definition) is 0. The van der Waals surface area contributed by atoms with Crippen molar-refractivity contribution in [1.29, 1.82) is 0 Å². The van der Waals surface area contributed by atoms with Crippen LogP contribution in [0.2, 0.25) is 0 Å². The first kappa shape index (κ1) is 18.0. The van der Waals surface area contributed by atoms with Crippen molar-refractivity contribution in [3.8, 4) is 0 Å². The molecule has 0 N–H and O–H groups in total. The van der Waals surface area contributed by atoms with Crippen molar-refractivity contribution >= 4 is 0 Å². The van der Waals surface area contributed by atoms with Crippen LogP contribution in [-0.2, 0) is 6.42 Å². The Hall–Kier alpha value is -0.780. The molecule has 0 nitrogen and oxygen atoms in total. The summed E-state index contributed by atoms with van der Waals surface area (Å²) in [5, 5.41) is 0. The third kappa shape index (κ3) is 4.87. The summed E-state index contributed by atoms with van der Waals surface area (Å²) in [5.74, 6) is 4.05. The van der Waals surface area contributed by atoms with Gasteiger partial charge in [0.15, 0.2) is 0 Å². The highest BCUT2D eigenvalue weighted by molar-refractivity contribution is 5.26. The van der Waals surface area contributed by atoms with Crippen LogP contribution in [-0.4, -0.2) is 0 Å². The summed E-state index contributed by atoms with van der Waals surface area (Å²) in [6.45, 7) is 4.62. The van der Waals surface area contributed by atoms with Crippen molar-refractivity contribution < 1.29 is 0 Å². The topological polar surface area (TPSA) is 0 Å². The molecule has 0 aromatic heterocycles. The fraction of sp³-hybridized carbons (Fsp3) is 0.750. The molecule has 0 spiro atoms. The number of unbranched alkanes of at least 4 members (excludes halogenated alkanes) is 1. The van der Waals surface area contributed by atoms with Crippen LogP contribution in [0.5, 0.6) is 0 Å². The Balaban J connectivity index is 1.39. The third-order valence-electron chi connectivity index (χ3n) is 6.81. The molecule has 1 aromatic rings. The molecule has 0 heterocycles. The van der Waals surface area contributed by atoms with Gasteiger partial charge in [-0.05, 0) is 92.6 Å². The molecule has 0 bridgehead atoms. The molecule has 0 aliphatic heterocycles. The lowest BCUT2D eigenvalue weighted by molar-refractivity contribution is 0.133. The summed E-state index contributed by atoms with van der Waals surface area (Å²) in [6.07, 6.45) is 17.2. The van der Waals surface area contributed by atoms with E-state index in [9.17, 15) is 0 Å². The first-order chi connectivity index (χ1) is 11.8. The van der Waals surface area contributed by atoms with Crippen LogP contribution in [0.3, 0.4) is 0 Å². The molecule has 3 rings (SSSR count). The van der Waals surface area contributed by atoms with Crippen molar-refractivity contribution in [3.05, 3.63) is 35.4 Å². The van der Waals surface area contributed by atoms with E-state index in [1.165, 1.54) is 63.4 Å². The second kappa shape index (κ2) is 9.07. The molecule has 0 atom stereocenters. The summed E-state index contributed by atoms with van der Waals surface area (Å²) in [7, 11) is 0. The van der Waals surface area contributed by atoms with E-state index in [-0.39, 0.29) is 0 Å². The molecule has 0 unspecified atom stereocenters. The highest BCUT2D eigenvalue weighted by atomic mass is 14.4. The second-order valence-corrected chi connectivity index (χ2v) is 8.79. The van der Waals surface area contributed by atoms with E-state index in [4.69, 9.17) is 0 Å². The van der Waals surface area contributed by atoms with Crippen LogP contribution in [0.15, 0.2) is 24.3 Å². The molecule has 24 heavy (non-hydrogen) atoms. The zero-order valence-electron chi connectivity index (χ0n) is 16.1. The van der Waals surface area contributed by atoms with Crippen molar-refractivity contribution in [2.75, 3.05) is 0 Å². The second-order valence-electron chi connectivity index (χ2n) is 8.79. The molecule has 2 saturated carbocycles. The molecule has 134 valence electrons. The average molecular weight is 327 g/mol. The minimum absolute atomic E-state index is 0.843. The van der Waals surface area contributed by atoms with Crippen LogP contribution >= 0.6 is 0 Å². The minimum Gasteiger partial charge on any atom is -0.0654 e. The summed E-state index contributed by atoms with van der Waals surface area (Å²) < 4.78 is 0. The van der Waals surface area contributed by atoms with E-state index in [0.717, 1.165) is 23.7 Å². The van der Waals surface area contributed by atoms with E-state index >= 15 is 0 Å². The predicted molar refractivity (Wildman–Crippen MR) is 105 cm³/mol. The molecule has 1 aromatic carbocycles. The minimum atomic E-state index is 0.843. The van der Waals surface area contributed by atoms with Gasteiger partial charge < -0.3 is 0 Å². The first-order valence-electron chi connectivity index (χ1n) is 10.9. The predicted octanol–water partition coefficient (Wildman–Crippen LogP) is 7.52. The third-order valence-corrected chi connectivity index (χ3v) is 6.81. The van der Waals surface area contributed by atoms with Crippen molar-refractivity contribution in [2.45, 2.75) is 96.8 Å². The first-order valence-corrected chi connectivity index (χ1v) is 10.9. The van der Waals surface area contributed by atoms with Crippen molar-refractivity contribution in [2.24, 2.45) is 17.8 Å². The highest BCUT2D eigenvalue weighted by Gasteiger charge is 2.31. The maximum atomic E-state index is 2.43. The Labute approximate surface area is 150 Å². The Kier molecular flexibility index (Phi) is 6.81. The number of benzene rings is 1. The van der Waals surface area contributed by atoms with E-state index in [2.05, 4.69) is 38.1 Å². The quantitative estimate of drug-likeness (QED) is 0.463. The van der Waals surface area contributed by atoms with Gasteiger partial charge in [0.25, 0.3) is 0 Å². The molecule has 0 heteroatoms. The Morgan fingerprint density at radius 3 is 2.12 bits per heavy atom. The van der Waals surface area contributed by atoms with Gasteiger partial charge in [0.1, 0.15) is 0 Å². The van der Waals surface area contributed by atoms with Gasteiger partial charge in [-0.15, -0.1) is 0 Å². The largest absolute Gasteiger partial charge is 0.0654 e. The van der Waals surface area contributed by atoms with Gasteiger partial charge in [0, 0.05) is 0 Å². The van der Waals surface area contributed by atoms with Crippen LogP contribution < -0.4 is 0 Å². The van der Waals surface area contributed by atoms with Crippen LogP contribution in [0.1, 0.15) is 102 Å². The van der Waals surface area contributed by atoms with Crippen LogP contribution in [0.4, 0.5) is 0 Å². The maximum Gasteiger partial charge on any atom is -0.0162 e. The SMILES string of the molecule is CCCCc1ccc(C2CCC(CC3CC(CCC)C3)CC2)cc1. The molecular weight excluding hydrogens is 288 g/mol. The Morgan fingerprint density at radius 2 is 1.50 bits per heavy atom. The zero-order chi connectivity index (χ0) is 16.8. The van der Waals surface area contributed by atoms with Gasteiger partial charge in [0.2, 0.25) is 0 Å². The zero-order valence-corrected chi connectivity index (χ0v) is 16.1. The molecule has 0 saturated heterocycles. The maximum absolute atomic E-state index is 2.43. The summed E-state index contributed by atoms with van der Waals surface area (Å²) in [4.78, 5) is 0. The van der Waals surface area contributed by atoms with Gasteiger partial charge in [-0.3, -0.25) is 0 Å². The molecule has 2 fully saturated rings. The summed E-state index contributed by atoms with van der Waals surface area (Å²) in [6, 6.07) is 9.63. The number of hydrogen-bond donors (Lipinski definition) is 0. The standard InChI is InChI=1S/C24H38/c1-3-5-7-19-8-12-23(13-9-19)24-14-10-20(11-15-24)16-22-17-21(18-22)6-4-2/h8-9,12-13,20-22,24H,3-7,10-11,14-18H2,1-2H3. The lowest BCUT2D eigenvalue weighted by atomic mass is 9.67. The smallest absolute Gasteiger partial charge is 0.0162 e. The molecule has 2 aliphatic carbocycles. The van der Waals surface area contributed by atoms with Crippen molar-refractivity contribution in [1.82, 2.24) is 0 Å². The van der Waals surface area contributed by atoms with E-state index < -0.39 is 0 Å². The van der Waals surface area contributed by atoms with E-state index in [1.807, 2.05) is 0 Å². The molecular formula is C24H38. The fourth-order valence-corrected chi connectivity index (χ4v) is 5.25. The van der Waals surface area contributed by atoms with Gasteiger partial charge in [-0.2, -0.15) is 0 Å². The number of aryl methyl sites for hydroxylation is 1. The average Bonchev–Trinajstić information content (AvgIpc) is 2.59. The van der Waals surface area contributed by atoms with E-state index in [0.29, 0.717) is 0 Å².